The molecule has 1 heteroatoms. The minimum Gasteiger partial charge on any atom is -0.0843 e. The van der Waals surface area contributed by atoms with Crippen LogP contribution in [-0.2, 0) is 0 Å². The molecule has 0 spiro atoms. The smallest absolute Gasteiger partial charge is 0.0406 e. The van der Waals surface area contributed by atoms with Crippen LogP contribution in [0.2, 0.25) is 5.02 Å². The molecule has 0 amide bonds. The second-order valence-corrected chi connectivity index (χ2v) is 6.45. The van der Waals surface area contributed by atoms with Gasteiger partial charge in [0.2, 0.25) is 0 Å². The highest BCUT2D eigenvalue weighted by molar-refractivity contribution is 6.30. The Morgan fingerprint density at radius 2 is 1.42 bits per heavy atom. The van der Waals surface area contributed by atoms with Gasteiger partial charge in [-0.2, -0.15) is 0 Å². The van der Waals surface area contributed by atoms with Crippen LogP contribution < -0.4 is 0 Å². The Morgan fingerprint density at radius 3 is 2.17 bits per heavy atom. The minimum atomic E-state index is 0.747. The normalized spacial score (nSPS) is 10.9. The number of aryl methyl sites for hydroxylation is 1. The Morgan fingerprint density at radius 1 is 0.750 bits per heavy atom. The van der Waals surface area contributed by atoms with Gasteiger partial charge in [0.15, 0.2) is 0 Å². The number of halogens is 1. The van der Waals surface area contributed by atoms with Crippen molar-refractivity contribution in [1.82, 2.24) is 0 Å². The quantitative estimate of drug-likeness (QED) is 0.374. The van der Waals surface area contributed by atoms with Gasteiger partial charge in [-0.1, -0.05) is 77.8 Å². The average molecular weight is 328 g/mol. The van der Waals surface area contributed by atoms with Crippen molar-refractivity contribution in [2.24, 2.45) is 0 Å². The summed E-state index contributed by atoms with van der Waals surface area (Å²) in [5.41, 5.74) is 5.88. The fourth-order valence-corrected chi connectivity index (χ4v) is 3.10. The summed E-state index contributed by atoms with van der Waals surface area (Å²) in [5.74, 6) is 0. The molecular formula is C23H16Cl. The van der Waals surface area contributed by atoms with E-state index in [2.05, 4.69) is 79.7 Å². The molecule has 0 nitrogen and oxygen atoms in total. The van der Waals surface area contributed by atoms with Gasteiger partial charge in [-0.25, -0.2) is 0 Å². The summed E-state index contributed by atoms with van der Waals surface area (Å²) in [6, 6.07) is 30.8. The standard InChI is InChI=1S/C23H16Cl/c1-16-6-8-17(9-7-16)22-14-19-4-2-3-5-20(19)15-23(22)18-10-12-21(24)13-11-18/h2-14H,1H3. The molecule has 0 fully saturated rings. The van der Waals surface area contributed by atoms with Crippen LogP contribution in [0.25, 0.3) is 33.0 Å². The summed E-state index contributed by atoms with van der Waals surface area (Å²) < 4.78 is 0. The van der Waals surface area contributed by atoms with Crippen LogP contribution in [0.4, 0.5) is 0 Å². The molecule has 4 aromatic rings. The van der Waals surface area contributed by atoms with Crippen molar-refractivity contribution >= 4 is 22.4 Å². The van der Waals surface area contributed by atoms with E-state index in [-0.39, 0.29) is 0 Å². The van der Waals surface area contributed by atoms with E-state index in [0.29, 0.717) is 0 Å². The van der Waals surface area contributed by atoms with Crippen LogP contribution >= 0.6 is 11.6 Å². The zero-order valence-electron chi connectivity index (χ0n) is 13.4. The topological polar surface area (TPSA) is 0 Å². The maximum Gasteiger partial charge on any atom is 0.0406 e. The van der Waals surface area contributed by atoms with E-state index in [1.165, 1.54) is 22.1 Å². The average Bonchev–Trinajstić information content (AvgIpc) is 2.62. The molecular weight excluding hydrogens is 312 g/mol. The molecule has 0 aliphatic rings. The molecule has 115 valence electrons. The molecule has 0 aliphatic carbocycles. The fourth-order valence-electron chi connectivity index (χ4n) is 2.97. The number of hydrogen-bond donors (Lipinski definition) is 0. The van der Waals surface area contributed by atoms with Gasteiger partial charge in [0.25, 0.3) is 0 Å². The summed E-state index contributed by atoms with van der Waals surface area (Å²) >= 11 is 6.06. The molecule has 0 atom stereocenters. The summed E-state index contributed by atoms with van der Waals surface area (Å²) in [4.78, 5) is 0. The Kier molecular flexibility index (Phi) is 3.84. The lowest BCUT2D eigenvalue weighted by molar-refractivity contribution is 1.47. The summed E-state index contributed by atoms with van der Waals surface area (Å²) in [6.45, 7) is 2.11. The predicted octanol–water partition coefficient (Wildman–Crippen LogP) is 6.94. The second-order valence-electron chi connectivity index (χ2n) is 6.02. The highest BCUT2D eigenvalue weighted by Crippen LogP contribution is 2.35. The van der Waals surface area contributed by atoms with Crippen LogP contribution in [0.3, 0.4) is 0 Å². The van der Waals surface area contributed by atoms with E-state index < -0.39 is 0 Å². The number of benzene rings is 4. The first-order valence-electron chi connectivity index (χ1n) is 7.99. The number of fused-ring (bicyclic) bond motifs is 1. The highest BCUT2D eigenvalue weighted by Gasteiger charge is 2.10. The zero-order chi connectivity index (χ0) is 16.5. The van der Waals surface area contributed by atoms with E-state index in [1.807, 2.05) is 12.1 Å². The van der Waals surface area contributed by atoms with Gasteiger partial charge in [0.05, 0.1) is 0 Å². The van der Waals surface area contributed by atoms with Gasteiger partial charge in [0.1, 0.15) is 0 Å². The van der Waals surface area contributed by atoms with E-state index in [4.69, 9.17) is 11.6 Å². The summed E-state index contributed by atoms with van der Waals surface area (Å²) in [5, 5.41) is 3.07. The van der Waals surface area contributed by atoms with Crippen LogP contribution in [0.5, 0.6) is 0 Å². The van der Waals surface area contributed by atoms with E-state index in [9.17, 15) is 0 Å². The second kappa shape index (κ2) is 6.14. The molecule has 0 aliphatic heterocycles. The Balaban J connectivity index is 2.00. The number of hydrogen-bond acceptors (Lipinski definition) is 0. The SMILES string of the molecule is Cc1ccc(-c2cc3ccccc3[c]c2-c2ccc(Cl)cc2)cc1. The lowest BCUT2D eigenvalue weighted by Gasteiger charge is -2.12. The molecule has 0 N–H and O–H groups in total. The van der Waals surface area contributed by atoms with Gasteiger partial charge in [-0.05, 0) is 64.2 Å². The van der Waals surface area contributed by atoms with E-state index in [0.717, 1.165) is 21.5 Å². The van der Waals surface area contributed by atoms with Crippen molar-refractivity contribution in [3.8, 4) is 22.3 Å². The van der Waals surface area contributed by atoms with Crippen LogP contribution in [-0.4, -0.2) is 0 Å². The lowest BCUT2D eigenvalue weighted by Crippen LogP contribution is -1.87. The van der Waals surface area contributed by atoms with Gasteiger partial charge in [-0.15, -0.1) is 0 Å². The Hall–Kier alpha value is -2.57. The first-order valence-corrected chi connectivity index (χ1v) is 8.36. The molecule has 1 radical (unpaired) electrons. The third-order valence-electron chi connectivity index (χ3n) is 4.29. The fraction of sp³-hybridized carbons (Fsp3) is 0.0435. The maximum atomic E-state index is 6.06. The monoisotopic (exact) mass is 327 g/mol. The third-order valence-corrected chi connectivity index (χ3v) is 4.54. The van der Waals surface area contributed by atoms with Gasteiger partial charge >= 0.3 is 0 Å². The minimum absolute atomic E-state index is 0.747. The molecule has 24 heavy (non-hydrogen) atoms. The van der Waals surface area contributed by atoms with Crippen molar-refractivity contribution in [1.29, 1.82) is 0 Å². The van der Waals surface area contributed by atoms with Crippen molar-refractivity contribution < 1.29 is 0 Å². The largest absolute Gasteiger partial charge is 0.0843 e. The van der Waals surface area contributed by atoms with Crippen LogP contribution in [0.15, 0.2) is 78.9 Å². The Labute approximate surface area is 147 Å². The molecule has 4 aromatic carbocycles. The molecule has 0 heterocycles. The maximum absolute atomic E-state index is 6.06. The van der Waals surface area contributed by atoms with E-state index in [1.54, 1.807) is 0 Å². The van der Waals surface area contributed by atoms with Crippen molar-refractivity contribution in [3.63, 3.8) is 0 Å². The summed E-state index contributed by atoms with van der Waals surface area (Å²) in [7, 11) is 0. The first kappa shape index (κ1) is 15.0. The predicted molar refractivity (Wildman–Crippen MR) is 103 cm³/mol. The highest BCUT2D eigenvalue weighted by atomic mass is 35.5. The summed E-state index contributed by atoms with van der Waals surface area (Å²) in [6.07, 6.45) is 0. The molecule has 0 aromatic heterocycles. The number of rotatable bonds is 2. The zero-order valence-corrected chi connectivity index (χ0v) is 14.1. The molecule has 0 unspecified atom stereocenters. The van der Waals surface area contributed by atoms with Crippen molar-refractivity contribution in [2.75, 3.05) is 0 Å². The molecule has 4 rings (SSSR count). The van der Waals surface area contributed by atoms with E-state index >= 15 is 0 Å². The third kappa shape index (κ3) is 2.81. The Bertz CT molecular complexity index is 912. The van der Waals surface area contributed by atoms with Crippen LogP contribution in [0, 0.1) is 13.0 Å². The molecule has 0 bridgehead atoms. The van der Waals surface area contributed by atoms with Crippen LogP contribution in [0.1, 0.15) is 5.56 Å². The molecule has 0 saturated carbocycles. The molecule has 0 saturated heterocycles. The van der Waals surface area contributed by atoms with Gasteiger partial charge in [-0.3, -0.25) is 0 Å². The first-order chi connectivity index (χ1) is 11.7. The van der Waals surface area contributed by atoms with Gasteiger partial charge in [0, 0.05) is 5.02 Å². The van der Waals surface area contributed by atoms with Crippen molar-refractivity contribution in [3.05, 3.63) is 95.5 Å². The van der Waals surface area contributed by atoms with Crippen molar-refractivity contribution in [2.45, 2.75) is 6.92 Å². The van der Waals surface area contributed by atoms with Gasteiger partial charge < -0.3 is 0 Å². The lowest BCUT2D eigenvalue weighted by atomic mass is 9.91.